The highest BCUT2D eigenvalue weighted by Crippen LogP contribution is 2.23. The Morgan fingerprint density at radius 1 is 1.54 bits per heavy atom. The molecule has 0 spiro atoms. The molecule has 0 radical (unpaired) electrons. The molecule has 0 atom stereocenters. The van der Waals surface area contributed by atoms with Crippen LogP contribution in [0.25, 0.3) is 11.0 Å². The maximum atomic E-state index is 10.7. The second-order valence-electron chi connectivity index (χ2n) is 2.34. The first-order valence-electron chi connectivity index (χ1n) is 3.32. The zero-order chi connectivity index (χ0) is 9.42. The van der Waals surface area contributed by atoms with Crippen LogP contribution in [0.3, 0.4) is 0 Å². The lowest BCUT2D eigenvalue weighted by Crippen LogP contribution is -1.97. The average Bonchev–Trinajstić information content (AvgIpc) is 2.53. The van der Waals surface area contributed by atoms with Crippen LogP contribution in [-0.4, -0.2) is 21.2 Å². The van der Waals surface area contributed by atoms with Crippen LogP contribution in [0, 0.1) is 0 Å². The van der Waals surface area contributed by atoms with Gasteiger partial charge in [0.25, 0.3) is 0 Å². The van der Waals surface area contributed by atoms with E-state index in [1.54, 1.807) is 0 Å². The molecule has 0 unspecified atom stereocenters. The van der Waals surface area contributed by atoms with Gasteiger partial charge in [0.1, 0.15) is 10.7 Å². The number of carboxylic acids is 1. The van der Waals surface area contributed by atoms with E-state index in [0.717, 1.165) is 6.20 Å². The predicted octanol–water partition coefficient (Wildman–Crippen LogP) is 1.57. The van der Waals surface area contributed by atoms with E-state index >= 15 is 0 Å². The van der Waals surface area contributed by atoms with Gasteiger partial charge in [0, 0.05) is 6.20 Å². The molecule has 2 aromatic rings. The van der Waals surface area contributed by atoms with Crippen molar-refractivity contribution in [2.75, 3.05) is 0 Å². The number of hydrogen-bond donors (Lipinski definition) is 1. The van der Waals surface area contributed by atoms with Crippen LogP contribution < -0.4 is 0 Å². The van der Waals surface area contributed by atoms with E-state index in [1.165, 1.54) is 6.20 Å². The number of carbonyl (C=O) groups is 1. The van der Waals surface area contributed by atoms with Crippen molar-refractivity contribution in [1.29, 1.82) is 0 Å². The van der Waals surface area contributed by atoms with Crippen molar-refractivity contribution in [2.24, 2.45) is 0 Å². The minimum atomic E-state index is -1.12. The monoisotopic (exact) mass is 198 g/mol. The lowest BCUT2D eigenvalue weighted by molar-refractivity contribution is 0.0697. The Labute approximate surface area is 76.9 Å². The Bertz CT molecular complexity index is 480. The summed E-state index contributed by atoms with van der Waals surface area (Å²) in [4.78, 5) is 14.3. The Balaban J connectivity index is 2.86. The van der Waals surface area contributed by atoms with Gasteiger partial charge in [0.15, 0.2) is 5.58 Å². The van der Waals surface area contributed by atoms with Gasteiger partial charge in [-0.2, -0.15) is 0 Å². The summed E-state index contributed by atoms with van der Waals surface area (Å²) in [5.74, 6) is -1.12. The standard InChI is InChI=1S/C7H3ClN2O3/c8-6-3-2-10-13-5(3)4(1-9-6)7(11)12/h1-2H,(H,11,12). The van der Waals surface area contributed by atoms with Gasteiger partial charge in [-0.05, 0) is 0 Å². The maximum Gasteiger partial charge on any atom is 0.341 e. The lowest BCUT2D eigenvalue weighted by Gasteiger charge is -1.94. The number of fused-ring (bicyclic) bond motifs is 1. The van der Waals surface area contributed by atoms with Crippen LogP contribution in [-0.2, 0) is 0 Å². The third kappa shape index (κ3) is 1.13. The van der Waals surface area contributed by atoms with Gasteiger partial charge in [0.05, 0.1) is 11.6 Å². The first-order chi connectivity index (χ1) is 6.20. The van der Waals surface area contributed by atoms with E-state index in [9.17, 15) is 4.79 Å². The molecule has 0 saturated carbocycles. The Hall–Kier alpha value is -1.62. The van der Waals surface area contributed by atoms with Crippen molar-refractivity contribution in [1.82, 2.24) is 10.1 Å². The molecule has 0 saturated heterocycles. The highest BCUT2D eigenvalue weighted by Gasteiger charge is 2.15. The van der Waals surface area contributed by atoms with Gasteiger partial charge in [-0.15, -0.1) is 0 Å². The summed E-state index contributed by atoms with van der Waals surface area (Å²) in [6.45, 7) is 0. The van der Waals surface area contributed by atoms with Crippen molar-refractivity contribution in [3.63, 3.8) is 0 Å². The molecule has 0 aliphatic rings. The number of rotatable bonds is 1. The van der Waals surface area contributed by atoms with Crippen molar-refractivity contribution < 1.29 is 14.4 Å². The average molecular weight is 199 g/mol. The first kappa shape index (κ1) is 8.00. The van der Waals surface area contributed by atoms with E-state index in [2.05, 4.69) is 10.1 Å². The predicted molar refractivity (Wildman–Crippen MR) is 43.8 cm³/mol. The number of carboxylic acid groups (broad SMARTS) is 1. The largest absolute Gasteiger partial charge is 0.477 e. The highest BCUT2D eigenvalue weighted by atomic mass is 35.5. The number of pyridine rings is 1. The highest BCUT2D eigenvalue weighted by molar-refractivity contribution is 6.34. The van der Waals surface area contributed by atoms with E-state index in [0.29, 0.717) is 5.39 Å². The van der Waals surface area contributed by atoms with Crippen LogP contribution >= 0.6 is 11.6 Å². The molecular formula is C7H3ClN2O3. The minimum absolute atomic E-state index is 0.0445. The summed E-state index contributed by atoms with van der Waals surface area (Å²) in [7, 11) is 0. The SMILES string of the molecule is O=C(O)c1cnc(Cl)c2cnoc12. The van der Waals surface area contributed by atoms with E-state index in [1.807, 2.05) is 0 Å². The van der Waals surface area contributed by atoms with Crippen LogP contribution in [0.2, 0.25) is 5.15 Å². The fraction of sp³-hybridized carbons (Fsp3) is 0. The molecule has 0 aliphatic heterocycles. The van der Waals surface area contributed by atoms with E-state index in [4.69, 9.17) is 21.2 Å². The number of aromatic nitrogens is 2. The first-order valence-corrected chi connectivity index (χ1v) is 3.70. The molecule has 2 heterocycles. The molecule has 0 amide bonds. The van der Waals surface area contributed by atoms with Crippen molar-refractivity contribution in [3.8, 4) is 0 Å². The number of nitrogens with zero attached hydrogens (tertiary/aromatic N) is 2. The molecule has 0 bridgehead atoms. The Kier molecular flexibility index (Phi) is 1.66. The summed E-state index contributed by atoms with van der Waals surface area (Å²) < 4.78 is 4.74. The molecule has 2 rings (SSSR count). The van der Waals surface area contributed by atoms with Gasteiger partial charge >= 0.3 is 5.97 Å². The molecule has 2 aromatic heterocycles. The van der Waals surface area contributed by atoms with Crippen LogP contribution in [0.5, 0.6) is 0 Å². The summed E-state index contributed by atoms with van der Waals surface area (Å²) in [5.41, 5.74) is 0.101. The fourth-order valence-electron chi connectivity index (χ4n) is 0.983. The third-order valence-corrected chi connectivity index (χ3v) is 1.88. The topological polar surface area (TPSA) is 76.2 Å². The number of hydrogen-bond acceptors (Lipinski definition) is 4. The number of halogens is 1. The summed E-state index contributed by atoms with van der Waals surface area (Å²) in [5, 5.41) is 12.7. The molecule has 5 nitrogen and oxygen atoms in total. The maximum absolute atomic E-state index is 10.7. The zero-order valence-electron chi connectivity index (χ0n) is 6.19. The van der Waals surface area contributed by atoms with Gasteiger partial charge in [0.2, 0.25) is 0 Å². The van der Waals surface area contributed by atoms with Crippen molar-refractivity contribution >= 4 is 28.5 Å². The van der Waals surface area contributed by atoms with Crippen molar-refractivity contribution in [2.45, 2.75) is 0 Å². The molecular weight excluding hydrogens is 196 g/mol. The zero-order valence-corrected chi connectivity index (χ0v) is 6.95. The fourth-order valence-corrected chi connectivity index (χ4v) is 1.17. The smallest absolute Gasteiger partial charge is 0.341 e. The van der Waals surface area contributed by atoms with Crippen LogP contribution in [0.1, 0.15) is 10.4 Å². The van der Waals surface area contributed by atoms with Gasteiger partial charge in [-0.3, -0.25) is 0 Å². The van der Waals surface area contributed by atoms with Crippen LogP contribution in [0.15, 0.2) is 16.9 Å². The lowest BCUT2D eigenvalue weighted by atomic mass is 10.2. The molecule has 0 aromatic carbocycles. The summed E-state index contributed by atoms with van der Waals surface area (Å²) in [6, 6.07) is 0. The third-order valence-electron chi connectivity index (χ3n) is 1.57. The van der Waals surface area contributed by atoms with Crippen LogP contribution in [0.4, 0.5) is 0 Å². The molecule has 6 heteroatoms. The quantitative estimate of drug-likeness (QED) is 0.704. The molecule has 0 fully saturated rings. The Morgan fingerprint density at radius 3 is 3.00 bits per heavy atom. The summed E-state index contributed by atoms with van der Waals surface area (Å²) >= 11 is 5.67. The van der Waals surface area contributed by atoms with E-state index in [-0.39, 0.29) is 16.3 Å². The molecule has 0 aliphatic carbocycles. The summed E-state index contributed by atoms with van der Waals surface area (Å²) in [6.07, 6.45) is 2.47. The second-order valence-corrected chi connectivity index (χ2v) is 2.69. The Morgan fingerprint density at radius 2 is 2.31 bits per heavy atom. The molecule has 1 N–H and O–H groups in total. The van der Waals surface area contributed by atoms with Gasteiger partial charge in [-0.25, -0.2) is 9.78 Å². The normalized spacial score (nSPS) is 10.5. The molecule has 13 heavy (non-hydrogen) atoms. The minimum Gasteiger partial charge on any atom is -0.477 e. The number of aromatic carboxylic acids is 1. The van der Waals surface area contributed by atoms with E-state index < -0.39 is 5.97 Å². The second kappa shape index (κ2) is 2.70. The van der Waals surface area contributed by atoms with Gasteiger partial charge in [-0.1, -0.05) is 16.8 Å². The molecule has 66 valence electrons. The van der Waals surface area contributed by atoms with Crippen molar-refractivity contribution in [3.05, 3.63) is 23.1 Å². The van der Waals surface area contributed by atoms with Gasteiger partial charge < -0.3 is 9.63 Å².